The van der Waals surface area contributed by atoms with Crippen molar-refractivity contribution in [2.45, 2.75) is 53.5 Å². The molecule has 1 aromatic heterocycles. The minimum absolute atomic E-state index is 0.336. The highest BCUT2D eigenvalue weighted by Gasteiger charge is 2.24. The third-order valence-electron chi connectivity index (χ3n) is 3.35. The number of aryl methyl sites for hydroxylation is 2. The molecule has 3 heteroatoms. The Labute approximate surface area is 106 Å². The van der Waals surface area contributed by atoms with Crippen LogP contribution in [0.5, 0.6) is 0 Å². The second kappa shape index (κ2) is 6.20. The number of nitrogens with one attached hydrogen (secondary N) is 1. The first kappa shape index (κ1) is 14.2. The van der Waals surface area contributed by atoms with Gasteiger partial charge in [0.25, 0.3) is 0 Å². The van der Waals surface area contributed by atoms with Gasteiger partial charge in [-0.05, 0) is 45.2 Å². The summed E-state index contributed by atoms with van der Waals surface area (Å²) < 4.78 is 2.14. The van der Waals surface area contributed by atoms with Crippen LogP contribution in [0.15, 0.2) is 6.07 Å². The lowest BCUT2D eigenvalue weighted by molar-refractivity contribution is 0.275. The van der Waals surface area contributed by atoms with Crippen LogP contribution in [0.4, 0.5) is 0 Å². The minimum Gasteiger partial charge on any atom is -0.319 e. The van der Waals surface area contributed by atoms with E-state index in [2.05, 4.69) is 48.9 Å². The molecule has 17 heavy (non-hydrogen) atoms. The normalized spacial score (nSPS) is 14.9. The number of nitrogens with zero attached hydrogens (tertiary/aromatic N) is 2. The molecule has 98 valence electrons. The van der Waals surface area contributed by atoms with Crippen LogP contribution in [0.1, 0.15) is 45.0 Å². The Morgan fingerprint density at radius 2 is 2.12 bits per heavy atom. The summed E-state index contributed by atoms with van der Waals surface area (Å²) in [4.78, 5) is 0. The largest absolute Gasteiger partial charge is 0.319 e. The molecule has 0 saturated carbocycles. The highest BCUT2D eigenvalue weighted by molar-refractivity contribution is 5.11. The van der Waals surface area contributed by atoms with E-state index >= 15 is 0 Å². The monoisotopic (exact) mass is 237 g/mol. The van der Waals surface area contributed by atoms with Gasteiger partial charge in [0.2, 0.25) is 0 Å². The Kier molecular flexibility index (Phi) is 5.19. The van der Waals surface area contributed by atoms with E-state index in [-0.39, 0.29) is 0 Å². The van der Waals surface area contributed by atoms with Gasteiger partial charge < -0.3 is 5.32 Å². The van der Waals surface area contributed by atoms with Crippen LogP contribution in [0, 0.1) is 12.3 Å². The van der Waals surface area contributed by atoms with Crippen LogP contribution in [0.2, 0.25) is 0 Å². The van der Waals surface area contributed by atoms with Gasteiger partial charge in [0.15, 0.2) is 0 Å². The molecular formula is C14H27N3. The Morgan fingerprint density at radius 1 is 1.41 bits per heavy atom. The SMILES string of the molecule is CCCC(C)(CNC)Cc1cc(C)nn1CC. The molecule has 0 radical (unpaired) electrons. The van der Waals surface area contributed by atoms with Gasteiger partial charge in [-0.15, -0.1) is 0 Å². The molecule has 0 spiro atoms. The van der Waals surface area contributed by atoms with E-state index < -0.39 is 0 Å². The number of rotatable bonds is 7. The average molecular weight is 237 g/mol. The average Bonchev–Trinajstić information content (AvgIpc) is 2.58. The van der Waals surface area contributed by atoms with Crippen molar-refractivity contribution < 1.29 is 0 Å². The third-order valence-corrected chi connectivity index (χ3v) is 3.35. The summed E-state index contributed by atoms with van der Waals surface area (Å²) in [5.41, 5.74) is 2.84. The van der Waals surface area contributed by atoms with E-state index in [4.69, 9.17) is 0 Å². The topological polar surface area (TPSA) is 29.9 Å². The van der Waals surface area contributed by atoms with E-state index in [9.17, 15) is 0 Å². The smallest absolute Gasteiger partial charge is 0.0596 e. The van der Waals surface area contributed by atoms with Gasteiger partial charge in [-0.25, -0.2) is 0 Å². The number of aromatic nitrogens is 2. The molecule has 0 bridgehead atoms. The predicted molar refractivity (Wildman–Crippen MR) is 73.3 cm³/mol. The zero-order chi connectivity index (χ0) is 12.9. The lowest BCUT2D eigenvalue weighted by Crippen LogP contribution is -2.32. The van der Waals surface area contributed by atoms with Crippen molar-refractivity contribution in [2.75, 3.05) is 13.6 Å². The summed E-state index contributed by atoms with van der Waals surface area (Å²) >= 11 is 0. The van der Waals surface area contributed by atoms with Crippen molar-refractivity contribution in [2.24, 2.45) is 5.41 Å². The van der Waals surface area contributed by atoms with Crippen LogP contribution < -0.4 is 5.32 Å². The molecule has 0 saturated heterocycles. The summed E-state index contributed by atoms with van der Waals surface area (Å²) in [5, 5.41) is 7.86. The van der Waals surface area contributed by atoms with Crippen molar-refractivity contribution in [3.63, 3.8) is 0 Å². The Bertz CT molecular complexity index is 335. The van der Waals surface area contributed by atoms with Crippen molar-refractivity contribution in [1.82, 2.24) is 15.1 Å². The molecule has 3 nitrogen and oxygen atoms in total. The van der Waals surface area contributed by atoms with Gasteiger partial charge in [-0.3, -0.25) is 4.68 Å². The fourth-order valence-electron chi connectivity index (χ4n) is 2.72. The second-order valence-electron chi connectivity index (χ2n) is 5.36. The Balaban J connectivity index is 2.84. The molecule has 1 heterocycles. The first-order valence-corrected chi connectivity index (χ1v) is 6.72. The maximum Gasteiger partial charge on any atom is 0.0596 e. The van der Waals surface area contributed by atoms with Gasteiger partial charge in [-0.2, -0.15) is 5.10 Å². The highest BCUT2D eigenvalue weighted by Crippen LogP contribution is 2.27. The highest BCUT2D eigenvalue weighted by atomic mass is 15.3. The molecule has 0 aliphatic rings. The van der Waals surface area contributed by atoms with Crippen LogP contribution >= 0.6 is 0 Å². The van der Waals surface area contributed by atoms with Gasteiger partial charge in [-0.1, -0.05) is 20.3 Å². The van der Waals surface area contributed by atoms with E-state index in [0.29, 0.717) is 5.41 Å². The van der Waals surface area contributed by atoms with Gasteiger partial charge in [0.1, 0.15) is 0 Å². The summed E-state index contributed by atoms with van der Waals surface area (Å²) in [7, 11) is 2.04. The number of hydrogen-bond donors (Lipinski definition) is 1. The van der Waals surface area contributed by atoms with E-state index in [1.807, 2.05) is 7.05 Å². The zero-order valence-electron chi connectivity index (χ0n) is 12.0. The van der Waals surface area contributed by atoms with Gasteiger partial charge >= 0.3 is 0 Å². The van der Waals surface area contributed by atoms with Crippen molar-refractivity contribution >= 4 is 0 Å². The maximum atomic E-state index is 4.53. The molecular weight excluding hydrogens is 210 g/mol. The zero-order valence-corrected chi connectivity index (χ0v) is 12.0. The second-order valence-corrected chi connectivity index (χ2v) is 5.36. The summed E-state index contributed by atoms with van der Waals surface area (Å²) in [6, 6.07) is 2.23. The predicted octanol–water partition coefficient (Wildman–Crippen LogP) is 2.78. The Hall–Kier alpha value is -0.830. The summed E-state index contributed by atoms with van der Waals surface area (Å²) in [5.74, 6) is 0. The lowest BCUT2D eigenvalue weighted by atomic mass is 9.81. The summed E-state index contributed by atoms with van der Waals surface area (Å²) in [6.45, 7) is 10.9. The van der Waals surface area contributed by atoms with Crippen LogP contribution in [0.25, 0.3) is 0 Å². The van der Waals surface area contributed by atoms with Crippen molar-refractivity contribution in [3.05, 3.63) is 17.5 Å². The molecule has 0 fully saturated rings. The molecule has 1 N–H and O–H groups in total. The molecule has 0 aromatic carbocycles. The fourth-order valence-corrected chi connectivity index (χ4v) is 2.72. The van der Waals surface area contributed by atoms with Gasteiger partial charge in [0, 0.05) is 18.8 Å². The molecule has 1 aromatic rings. The maximum absolute atomic E-state index is 4.53. The quantitative estimate of drug-likeness (QED) is 0.790. The molecule has 0 amide bonds. The Morgan fingerprint density at radius 3 is 2.65 bits per heavy atom. The molecule has 0 aliphatic carbocycles. The first-order chi connectivity index (χ1) is 8.04. The number of hydrogen-bond acceptors (Lipinski definition) is 2. The van der Waals surface area contributed by atoms with Crippen molar-refractivity contribution in [1.29, 1.82) is 0 Å². The van der Waals surface area contributed by atoms with E-state index in [0.717, 1.165) is 25.2 Å². The minimum atomic E-state index is 0.336. The van der Waals surface area contributed by atoms with E-state index in [1.165, 1.54) is 18.5 Å². The third kappa shape index (κ3) is 3.84. The molecule has 1 rings (SSSR count). The van der Waals surface area contributed by atoms with E-state index in [1.54, 1.807) is 0 Å². The van der Waals surface area contributed by atoms with Crippen LogP contribution in [-0.2, 0) is 13.0 Å². The van der Waals surface area contributed by atoms with Gasteiger partial charge in [0.05, 0.1) is 5.69 Å². The van der Waals surface area contributed by atoms with Crippen molar-refractivity contribution in [3.8, 4) is 0 Å². The fraction of sp³-hybridized carbons (Fsp3) is 0.786. The molecule has 0 aliphatic heterocycles. The lowest BCUT2D eigenvalue weighted by Gasteiger charge is -2.29. The molecule has 1 unspecified atom stereocenters. The first-order valence-electron chi connectivity index (χ1n) is 6.72. The molecule has 1 atom stereocenters. The van der Waals surface area contributed by atoms with Crippen LogP contribution in [-0.4, -0.2) is 23.4 Å². The summed E-state index contributed by atoms with van der Waals surface area (Å²) in [6.07, 6.45) is 3.59. The standard InChI is InChI=1S/C14H27N3/c1-6-8-14(4,11-15-5)10-13-9-12(3)16-17(13)7-2/h9,15H,6-8,10-11H2,1-5H3. The van der Waals surface area contributed by atoms with Crippen LogP contribution in [0.3, 0.4) is 0 Å².